The zero-order valence-corrected chi connectivity index (χ0v) is 66.7. The quantitative estimate of drug-likeness (QED) is 0.110. The van der Waals surface area contributed by atoms with E-state index in [0.29, 0.717) is 79.8 Å². The number of piperazine rings is 4. The van der Waals surface area contributed by atoms with Crippen LogP contribution in [0.3, 0.4) is 0 Å². The van der Waals surface area contributed by atoms with Gasteiger partial charge in [-0.05, 0) is 180 Å². The lowest BCUT2D eigenvalue weighted by Gasteiger charge is -2.44. The van der Waals surface area contributed by atoms with Gasteiger partial charge in [0.05, 0.1) is 45.0 Å². The van der Waals surface area contributed by atoms with Gasteiger partial charge in [0.15, 0.2) is 11.5 Å². The normalized spacial score (nSPS) is 16.7. The van der Waals surface area contributed by atoms with Crippen molar-refractivity contribution in [3.05, 3.63) is 236 Å². The van der Waals surface area contributed by atoms with Gasteiger partial charge in [-0.25, -0.2) is 43.5 Å². The molecule has 29 heteroatoms. The lowest BCUT2D eigenvalue weighted by Crippen LogP contribution is -2.56. The maximum Gasteiger partial charge on any atom is 0.347 e. The highest BCUT2D eigenvalue weighted by molar-refractivity contribution is 5.84. The number of nitrogens with zero attached hydrogens (tertiary/aromatic N) is 20. The van der Waals surface area contributed by atoms with E-state index in [0.717, 1.165) is 185 Å². The van der Waals surface area contributed by atoms with E-state index < -0.39 is 28.3 Å². The van der Waals surface area contributed by atoms with Gasteiger partial charge in [-0.2, -0.15) is 19.9 Å². The van der Waals surface area contributed by atoms with Crippen molar-refractivity contribution in [1.82, 2.24) is 77.1 Å². The zero-order chi connectivity index (χ0) is 80.7. The Morgan fingerprint density at radius 3 is 1.15 bits per heavy atom. The Balaban J connectivity index is 0.000000112. The van der Waals surface area contributed by atoms with Crippen LogP contribution in [-0.2, 0) is 0 Å². The van der Waals surface area contributed by atoms with Crippen molar-refractivity contribution in [3.63, 3.8) is 0 Å². The van der Waals surface area contributed by atoms with Crippen LogP contribution in [0, 0.1) is 19.7 Å². The van der Waals surface area contributed by atoms with E-state index in [2.05, 4.69) is 121 Å². The highest BCUT2D eigenvalue weighted by Crippen LogP contribution is 2.31. The Kier molecular flexibility index (Phi) is 21.5. The number of fused-ring (bicyclic) bond motifs is 8. The van der Waals surface area contributed by atoms with Crippen molar-refractivity contribution >= 4 is 90.3 Å². The number of likely N-dealkylation sites (N-methyl/N-ethyl adjacent to an activating group) is 4. The summed E-state index contributed by atoms with van der Waals surface area (Å²) in [7, 11) is 0. The smallest absolute Gasteiger partial charge is 0.347 e. The summed E-state index contributed by atoms with van der Waals surface area (Å²) >= 11 is 0. The third kappa shape index (κ3) is 16.1. The predicted molar refractivity (Wildman–Crippen MR) is 454 cm³/mol. The van der Waals surface area contributed by atoms with Crippen LogP contribution in [0.15, 0.2) is 214 Å². The average Bonchev–Trinajstić information content (AvgIpc) is 1.77. The van der Waals surface area contributed by atoms with Crippen molar-refractivity contribution in [2.45, 2.75) is 67.5 Å². The Hall–Kier alpha value is -12.8. The van der Waals surface area contributed by atoms with Crippen LogP contribution in [0.4, 0.5) is 27.7 Å². The number of hydrogen-bond acceptors (Lipinski definition) is 24. The summed E-state index contributed by atoms with van der Waals surface area (Å²) < 4.78 is 43.5. The first-order valence-electron chi connectivity index (χ1n) is 40.1. The molecule has 16 aromatic rings. The molecule has 0 aromatic carbocycles. The zero-order valence-electron chi connectivity index (χ0n) is 66.7. The molecule has 20 rings (SSSR count). The van der Waals surface area contributed by atoms with E-state index in [-0.39, 0.29) is 11.2 Å². The fraction of sp³-hybridized carbons (Fsp3) is 0.318. The van der Waals surface area contributed by atoms with E-state index in [1.54, 1.807) is 28.9 Å². The summed E-state index contributed by atoms with van der Waals surface area (Å²) in [5.41, 5.74) is 8.20. The number of anilines is 4. The first-order valence-corrected chi connectivity index (χ1v) is 40.1. The van der Waals surface area contributed by atoms with Crippen molar-refractivity contribution < 1.29 is 22.1 Å². The molecule has 0 radical (unpaired) electrons. The van der Waals surface area contributed by atoms with Crippen molar-refractivity contribution in [1.29, 1.82) is 0 Å². The second-order valence-electron chi connectivity index (χ2n) is 30.2. The number of imidazole rings is 4. The van der Waals surface area contributed by atoms with Gasteiger partial charge in [0, 0.05) is 175 Å². The molecule has 28 nitrogen and oxygen atoms in total. The first-order chi connectivity index (χ1) is 56.9. The minimum Gasteiger partial charge on any atom is -0.403 e. The molecule has 117 heavy (non-hydrogen) atoms. The van der Waals surface area contributed by atoms with Crippen LogP contribution in [0.1, 0.15) is 52.7 Å². The molecule has 20 heterocycles. The largest absolute Gasteiger partial charge is 0.403 e. The molecule has 4 saturated heterocycles. The van der Waals surface area contributed by atoms with Gasteiger partial charge in [0.25, 0.3) is 0 Å². The maximum absolute atomic E-state index is 13.9. The Bertz CT molecular complexity index is 6380. The molecule has 0 bridgehead atoms. The molecule has 16 aromatic heterocycles. The van der Waals surface area contributed by atoms with E-state index in [9.17, 15) is 23.6 Å². The van der Waals surface area contributed by atoms with E-state index in [1.807, 2.05) is 173 Å². The Morgan fingerprint density at radius 1 is 0.350 bits per heavy atom. The second kappa shape index (κ2) is 32.8. The summed E-state index contributed by atoms with van der Waals surface area (Å²) in [6.07, 6.45) is 14.7. The molecule has 0 aliphatic carbocycles. The molecule has 0 amide bonds. The number of halogens is 1. The molecule has 0 N–H and O–H groups in total. The summed E-state index contributed by atoms with van der Waals surface area (Å²) in [6.45, 7) is 34.8. The minimum absolute atomic E-state index is 0.168. The lowest BCUT2D eigenvalue weighted by atomic mass is 10.1. The summed E-state index contributed by atoms with van der Waals surface area (Å²) in [6, 6.07) is 40.4. The standard InChI is InChI=1S/C23H25N5O2.2C22H23N5O2.C21H20FN5O2/c1-4-28-15(2)12-27(13-16(28)3)21-9-8-17-11-18(23(29)30-22(17)25-21)19-14-26-10-6-5-7-20(26)24-19;1-3-25-8-10-26(11-9-25)20-7-5-16-12-17(22(28)29-21(16)24-20)18-14-27-13-15(2)4-6-19(27)23-18;1-3-25-8-10-26(11-9-25)19-5-4-16-13-17(22(28)29-21(16)24-19)18-14-27-7-6-15(2)12-20(27)23-18;1-2-25-8-10-26(11-9-25)18-6-5-14-12-15(21(28)29-20(14)24-18)17-13-27-7-3-4-16(22)19(27)23-17/h5-11,14-16H,4,12-13H2,1-3H3;2*4-7,12-14H,3,8-11H2,1-2H3;3-7,12-13H,2,8-11H2,1H3/t15-,16+;;;. The number of pyridine rings is 8. The van der Waals surface area contributed by atoms with Crippen LogP contribution in [-0.4, -0.2) is 207 Å². The molecule has 598 valence electrons. The van der Waals surface area contributed by atoms with Gasteiger partial charge in [-0.1, -0.05) is 39.8 Å². The lowest BCUT2D eigenvalue weighted by molar-refractivity contribution is 0.139. The average molecular weight is 1580 g/mol. The fourth-order valence-electron chi connectivity index (χ4n) is 16.0. The molecule has 0 saturated carbocycles. The van der Waals surface area contributed by atoms with Gasteiger partial charge in [0.1, 0.15) is 40.2 Å². The Labute approximate surface area is 671 Å². The second-order valence-corrected chi connectivity index (χ2v) is 30.2. The molecular formula is C88H91FN20O8. The molecule has 0 spiro atoms. The topological polar surface area (TPSA) is 268 Å². The van der Waals surface area contributed by atoms with Crippen molar-refractivity contribution in [3.8, 4) is 45.0 Å². The third-order valence-electron chi connectivity index (χ3n) is 22.7. The van der Waals surface area contributed by atoms with Crippen molar-refractivity contribution in [2.24, 2.45) is 0 Å². The monoisotopic (exact) mass is 1570 g/mol. The Morgan fingerprint density at radius 2 is 0.735 bits per heavy atom. The first kappa shape index (κ1) is 76.8. The molecular weight excluding hydrogens is 1480 g/mol. The number of hydrogen-bond donors (Lipinski definition) is 0. The van der Waals surface area contributed by atoms with Gasteiger partial charge in [0.2, 0.25) is 22.9 Å². The molecule has 4 aliphatic rings. The van der Waals surface area contributed by atoms with E-state index in [4.69, 9.17) is 17.7 Å². The summed E-state index contributed by atoms with van der Waals surface area (Å²) in [5.74, 6) is 2.91. The van der Waals surface area contributed by atoms with Gasteiger partial charge < -0.3 is 69.6 Å². The maximum atomic E-state index is 13.9. The SMILES string of the molecule is CCN1CCN(c2ccc3cc(-c4cn5cc(C)ccc5n4)c(=O)oc3n2)CC1.CCN1CCN(c2ccc3cc(-c4cn5ccc(C)cc5n4)c(=O)oc3n2)CC1.CCN1CCN(c2ccc3cc(-c4cn5cccc(F)c5n4)c(=O)oc3n2)CC1.CCN1[C@H](C)CN(c2ccc3cc(-c4cn5ccccc5n4)c(=O)oc3n2)C[C@@H]1C. The minimum atomic E-state index is -0.540. The fourth-order valence-corrected chi connectivity index (χ4v) is 16.0. The van der Waals surface area contributed by atoms with Crippen LogP contribution in [0.5, 0.6) is 0 Å². The van der Waals surface area contributed by atoms with Crippen LogP contribution >= 0.6 is 0 Å². The number of aryl methyl sites for hydroxylation is 2. The van der Waals surface area contributed by atoms with Gasteiger partial charge >= 0.3 is 22.5 Å². The van der Waals surface area contributed by atoms with Gasteiger partial charge in [-0.15, -0.1) is 0 Å². The van der Waals surface area contributed by atoms with E-state index in [1.165, 1.54) is 6.07 Å². The van der Waals surface area contributed by atoms with Crippen LogP contribution in [0.25, 0.3) is 112 Å². The number of rotatable bonds is 12. The van der Waals surface area contributed by atoms with Crippen molar-refractivity contribution in [2.75, 3.05) is 137 Å². The summed E-state index contributed by atoms with van der Waals surface area (Å²) in [4.78, 5) is 106. The predicted octanol–water partition coefficient (Wildman–Crippen LogP) is 12.1. The number of aromatic nitrogens is 12. The third-order valence-corrected chi connectivity index (χ3v) is 22.7. The van der Waals surface area contributed by atoms with E-state index >= 15 is 0 Å². The van der Waals surface area contributed by atoms with Gasteiger partial charge in [-0.3, -0.25) is 4.90 Å². The summed E-state index contributed by atoms with van der Waals surface area (Å²) in [5, 5.41) is 3.08. The van der Waals surface area contributed by atoms with Crippen LogP contribution < -0.4 is 42.1 Å². The highest BCUT2D eigenvalue weighted by Gasteiger charge is 2.30. The molecule has 4 fully saturated rings. The van der Waals surface area contributed by atoms with Crippen LogP contribution in [0.2, 0.25) is 0 Å². The molecule has 4 aliphatic heterocycles. The molecule has 2 atom stereocenters. The molecule has 0 unspecified atom stereocenters. The highest BCUT2D eigenvalue weighted by atomic mass is 19.1.